The van der Waals surface area contributed by atoms with Gasteiger partial charge in [-0.15, -0.1) is 5.10 Å². The van der Waals surface area contributed by atoms with Gasteiger partial charge in [0.15, 0.2) is 0 Å². The lowest BCUT2D eigenvalue weighted by Crippen LogP contribution is -2.40. The van der Waals surface area contributed by atoms with Crippen LogP contribution in [-0.4, -0.2) is 30.3 Å². The van der Waals surface area contributed by atoms with Gasteiger partial charge in [0.2, 0.25) is 0 Å². The van der Waals surface area contributed by atoms with Crippen molar-refractivity contribution in [1.82, 2.24) is 25.1 Å². The first-order chi connectivity index (χ1) is 18.0. The molecule has 1 N–H and O–H groups in total. The number of halogens is 2. The van der Waals surface area contributed by atoms with Gasteiger partial charge < -0.3 is 5.11 Å². The largest absolute Gasteiger partial charge is 0.386 e. The van der Waals surface area contributed by atoms with Gasteiger partial charge in [0.1, 0.15) is 17.3 Å². The predicted octanol–water partition coefficient (Wildman–Crippen LogP) is 6.34. The molecule has 0 radical (unpaired) electrons. The average Bonchev–Trinajstić information content (AvgIpc) is 2.89. The van der Waals surface area contributed by atoms with Gasteiger partial charge in [-0.05, 0) is 80.0 Å². The molecule has 1 aliphatic carbocycles. The molecule has 2 atom stereocenters. The van der Waals surface area contributed by atoms with E-state index in [1.54, 1.807) is 44.6 Å². The minimum absolute atomic E-state index is 0.0827. The zero-order valence-electron chi connectivity index (χ0n) is 22.2. The van der Waals surface area contributed by atoms with Gasteiger partial charge in [-0.3, -0.25) is 9.97 Å². The van der Waals surface area contributed by atoms with E-state index >= 15 is 0 Å². The fraction of sp³-hybridized carbons (Fsp3) is 0.367. The highest BCUT2D eigenvalue weighted by Gasteiger charge is 2.46. The van der Waals surface area contributed by atoms with E-state index in [1.165, 1.54) is 18.2 Å². The van der Waals surface area contributed by atoms with E-state index in [9.17, 15) is 13.9 Å². The van der Waals surface area contributed by atoms with Gasteiger partial charge in [-0.25, -0.2) is 13.8 Å². The molecule has 38 heavy (non-hydrogen) atoms. The summed E-state index contributed by atoms with van der Waals surface area (Å²) >= 11 is 0. The monoisotopic (exact) mass is 515 g/mol. The van der Waals surface area contributed by atoms with Gasteiger partial charge in [-0.2, -0.15) is 5.10 Å². The van der Waals surface area contributed by atoms with Crippen molar-refractivity contribution >= 4 is 0 Å². The number of benzene rings is 1. The number of nitrogens with zero attached hydrogens (tertiary/aromatic N) is 5. The summed E-state index contributed by atoms with van der Waals surface area (Å²) in [5.74, 6) is -1.13. The summed E-state index contributed by atoms with van der Waals surface area (Å²) in [5, 5.41) is 19.4. The van der Waals surface area contributed by atoms with Gasteiger partial charge in [0.05, 0.1) is 45.6 Å². The Kier molecular flexibility index (Phi) is 6.55. The summed E-state index contributed by atoms with van der Waals surface area (Å²) in [7, 11) is 0. The molecule has 4 aromatic rings. The van der Waals surface area contributed by atoms with Crippen molar-refractivity contribution in [3.8, 4) is 22.6 Å². The van der Waals surface area contributed by atoms with Crippen LogP contribution in [-0.2, 0) is 11.0 Å². The highest BCUT2D eigenvalue weighted by molar-refractivity contribution is 5.62. The summed E-state index contributed by atoms with van der Waals surface area (Å²) in [4.78, 5) is 14.0. The maximum atomic E-state index is 14.6. The Hall–Kier alpha value is -3.65. The van der Waals surface area contributed by atoms with E-state index in [4.69, 9.17) is 4.98 Å². The molecule has 3 aromatic heterocycles. The van der Waals surface area contributed by atoms with E-state index in [-0.39, 0.29) is 23.1 Å². The van der Waals surface area contributed by atoms with Crippen molar-refractivity contribution in [1.29, 1.82) is 0 Å². The van der Waals surface area contributed by atoms with Crippen molar-refractivity contribution in [2.75, 3.05) is 0 Å². The smallest absolute Gasteiger partial charge is 0.135 e. The molecular weight excluding hydrogens is 484 g/mol. The topological polar surface area (TPSA) is 84.7 Å². The number of aromatic nitrogens is 5. The Morgan fingerprint density at radius 1 is 1.00 bits per heavy atom. The van der Waals surface area contributed by atoms with Crippen LogP contribution in [0.1, 0.15) is 75.9 Å². The van der Waals surface area contributed by atoms with E-state index in [0.717, 1.165) is 35.4 Å². The lowest BCUT2D eigenvalue weighted by molar-refractivity contribution is 0.0785. The second-order valence-electron chi connectivity index (χ2n) is 11.0. The Bertz CT molecular complexity index is 1480. The van der Waals surface area contributed by atoms with Crippen LogP contribution in [0, 0.1) is 17.6 Å². The summed E-state index contributed by atoms with van der Waals surface area (Å²) < 4.78 is 29.1. The quantitative estimate of drug-likeness (QED) is 0.334. The van der Waals surface area contributed by atoms with Gasteiger partial charge in [0.25, 0.3) is 0 Å². The van der Waals surface area contributed by atoms with Crippen molar-refractivity contribution in [2.24, 2.45) is 5.92 Å². The molecule has 0 aliphatic heterocycles. The van der Waals surface area contributed by atoms with Crippen molar-refractivity contribution in [3.05, 3.63) is 89.1 Å². The lowest BCUT2D eigenvalue weighted by Gasteiger charge is -2.42. The van der Waals surface area contributed by atoms with Gasteiger partial charge in [0, 0.05) is 12.4 Å². The van der Waals surface area contributed by atoms with E-state index in [2.05, 4.69) is 40.9 Å². The first-order valence-electron chi connectivity index (χ1n) is 12.9. The third kappa shape index (κ3) is 4.36. The maximum absolute atomic E-state index is 14.6. The number of rotatable bonds is 5. The van der Waals surface area contributed by atoms with Gasteiger partial charge in [-0.1, -0.05) is 26.8 Å². The molecule has 0 fully saturated rings. The zero-order chi connectivity index (χ0) is 27.2. The Labute approximate surface area is 221 Å². The fourth-order valence-electron chi connectivity index (χ4n) is 5.47. The molecule has 1 aliphatic rings. The maximum Gasteiger partial charge on any atom is 0.135 e. The SMILES string of the molecule is CC(C)[C@]1(c2cncc(-c3cc(C(C)(C)O)ccn3)n2)CC[C@H](C)c2cc(-c3c(F)cccc3F)nnc21. The van der Waals surface area contributed by atoms with Crippen molar-refractivity contribution in [3.63, 3.8) is 0 Å². The van der Waals surface area contributed by atoms with Gasteiger partial charge >= 0.3 is 0 Å². The summed E-state index contributed by atoms with van der Waals surface area (Å²) in [5.41, 5.74) is 2.72. The molecule has 196 valence electrons. The third-order valence-electron chi connectivity index (χ3n) is 7.77. The first kappa shape index (κ1) is 26.0. The van der Waals surface area contributed by atoms with Crippen LogP contribution in [0.25, 0.3) is 22.6 Å². The van der Waals surface area contributed by atoms with E-state index in [1.807, 2.05) is 6.07 Å². The summed E-state index contributed by atoms with van der Waals surface area (Å²) in [6, 6.07) is 9.16. The molecular formula is C30H31F2N5O. The van der Waals surface area contributed by atoms with Crippen LogP contribution < -0.4 is 0 Å². The molecule has 3 heterocycles. The molecule has 0 saturated carbocycles. The molecule has 0 bridgehead atoms. The molecule has 1 aromatic carbocycles. The van der Waals surface area contributed by atoms with Crippen molar-refractivity contribution in [2.45, 2.75) is 64.4 Å². The van der Waals surface area contributed by atoms with Crippen LogP contribution in [0.3, 0.4) is 0 Å². The Balaban J connectivity index is 1.66. The first-order valence-corrected chi connectivity index (χ1v) is 12.9. The van der Waals surface area contributed by atoms with E-state index in [0.29, 0.717) is 11.4 Å². The van der Waals surface area contributed by atoms with Crippen LogP contribution >= 0.6 is 0 Å². The molecule has 0 saturated heterocycles. The van der Waals surface area contributed by atoms with Crippen LogP contribution in [0.15, 0.2) is 55.0 Å². The molecule has 0 spiro atoms. The number of hydrogen-bond donors (Lipinski definition) is 1. The van der Waals surface area contributed by atoms with E-state index < -0.39 is 22.7 Å². The third-order valence-corrected chi connectivity index (χ3v) is 7.77. The second kappa shape index (κ2) is 9.58. The Morgan fingerprint density at radius 3 is 2.42 bits per heavy atom. The Morgan fingerprint density at radius 2 is 1.74 bits per heavy atom. The molecule has 0 amide bonds. The number of pyridine rings is 1. The second-order valence-corrected chi connectivity index (χ2v) is 11.0. The average molecular weight is 516 g/mol. The van der Waals surface area contributed by atoms with Crippen LogP contribution in [0.2, 0.25) is 0 Å². The fourth-order valence-corrected chi connectivity index (χ4v) is 5.47. The molecule has 0 unspecified atom stereocenters. The predicted molar refractivity (Wildman–Crippen MR) is 141 cm³/mol. The highest BCUT2D eigenvalue weighted by Crippen LogP contribution is 2.50. The minimum atomic E-state index is -1.02. The highest BCUT2D eigenvalue weighted by atomic mass is 19.1. The standard InChI is InChI=1S/C30H31F2N5O/c1-17(2)30(26-16-33-15-25(35-26)23-13-19(10-12-34-23)29(4,5)38)11-9-18(3)20-14-24(36-37-28(20)30)27-21(31)7-6-8-22(27)32/h6-8,10,12-18,38H,9,11H2,1-5H3/t18-,30-/m0/s1. The minimum Gasteiger partial charge on any atom is -0.386 e. The lowest BCUT2D eigenvalue weighted by atomic mass is 9.62. The van der Waals surface area contributed by atoms with Crippen LogP contribution in [0.4, 0.5) is 8.78 Å². The van der Waals surface area contributed by atoms with Crippen molar-refractivity contribution < 1.29 is 13.9 Å². The molecule has 5 rings (SSSR count). The zero-order valence-corrected chi connectivity index (χ0v) is 22.2. The summed E-state index contributed by atoms with van der Waals surface area (Å²) in [6.45, 7) is 9.78. The number of fused-ring (bicyclic) bond motifs is 1. The number of aliphatic hydroxyl groups is 1. The number of hydrogen-bond acceptors (Lipinski definition) is 6. The van der Waals surface area contributed by atoms with Crippen LogP contribution in [0.5, 0.6) is 0 Å². The molecule has 8 heteroatoms. The normalized spacial score (nSPS) is 19.4. The summed E-state index contributed by atoms with van der Waals surface area (Å²) in [6.07, 6.45) is 6.69. The molecule has 6 nitrogen and oxygen atoms in total.